The summed E-state index contributed by atoms with van der Waals surface area (Å²) in [7, 11) is 0. The molecule has 4 nitrogen and oxygen atoms in total. The number of carboxylic acids is 2. The molecule has 1 unspecified atom stereocenters. The molecule has 1 aromatic carbocycles. The Labute approximate surface area is 93.5 Å². The van der Waals surface area contributed by atoms with E-state index in [1.807, 2.05) is 19.1 Å². The van der Waals surface area contributed by atoms with Gasteiger partial charge in [0.2, 0.25) is 0 Å². The normalized spacial score (nSPS) is 12.1. The Morgan fingerprint density at radius 3 is 2.19 bits per heavy atom. The predicted octanol–water partition coefficient (Wildman–Crippen LogP) is 2.03. The number of aliphatic carboxylic acids is 2. The maximum atomic E-state index is 11.0. The molecule has 2 N–H and O–H groups in total. The van der Waals surface area contributed by atoms with Crippen LogP contribution in [0.25, 0.3) is 0 Å². The third kappa shape index (κ3) is 3.38. The van der Waals surface area contributed by atoms with Crippen LogP contribution in [0.4, 0.5) is 0 Å². The minimum atomic E-state index is -0.981. The maximum Gasteiger partial charge on any atom is 0.310 e. The third-order valence-corrected chi connectivity index (χ3v) is 2.42. The number of rotatable bonds is 5. The Bertz CT molecular complexity index is 381. The molecule has 4 heteroatoms. The molecule has 0 spiro atoms. The Morgan fingerprint density at radius 1 is 1.19 bits per heavy atom. The summed E-state index contributed by atoms with van der Waals surface area (Å²) in [5, 5.41) is 17.6. The molecular weight excluding hydrogens is 208 g/mol. The van der Waals surface area contributed by atoms with Gasteiger partial charge in [-0.15, -0.1) is 0 Å². The molecule has 0 saturated carbocycles. The first-order valence-corrected chi connectivity index (χ1v) is 5.02. The van der Waals surface area contributed by atoms with E-state index in [1.165, 1.54) is 0 Å². The van der Waals surface area contributed by atoms with Gasteiger partial charge < -0.3 is 10.2 Å². The van der Waals surface area contributed by atoms with Crippen molar-refractivity contribution in [1.29, 1.82) is 0 Å². The van der Waals surface area contributed by atoms with E-state index in [-0.39, 0.29) is 12.8 Å². The Hall–Kier alpha value is -1.84. The number of carboxylic acid groups (broad SMARTS) is 2. The molecule has 1 atom stereocenters. The van der Waals surface area contributed by atoms with E-state index in [4.69, 9.17) is 10.2 Å². The third-order valence-electron chi connectivity index (χ3n) is 2.42. The largest absolute Gasteiger partial charge is 0.481 e. The van der Waals surface area contributed by atoms with Crippen molar-refractivity contribution < 1.29 is 19.8 Å². The first-order chi connectivity index (χ1) is 7.50. The van der Waals surface area contributed by atoms with Gasteiger partial charge in [-0.1, -0.05) is 29.8 Å². The zero-order chi connectivity index (χ0) is 12.1. The van der Waals surface area contributed by atoms with E-state index in [2.05, 4.69) is 0 Å². The predicted molar refractivity (Wildman–Crippen MR) is 58.4 cm³/mol. The zero-order valence-electron chi connectivity index (χ0n) is 9.01. The summed E-state index contributed by atoms with van der Waals surface area (Å²) in [6.07, 6.45) is -0.0153. The topological polar surface area (TPSA) is 74.6 Å². The van der Waals surface area contributed by atoms with Crippen LogP contribution in [0.5, 0.6) is 0 Å². The molecule has 86 valence electrons. The quantitative estimate of drug-likeness (QED) is 0.799. The minimum Gasteiger partial charge on any atom is -0.481 e. The average Bonchev–Trinajstić information content (AvgIpc) is 2.20. The smallest absolute Gasteiger partial charge is 0.310 e. The van der Waals surface area contributed by atoms with Gasteiger partial charge in [0.05, 0.1) is 5.92 Å². The Morgan fingerprint density at radius 2 is 1.75 bits per heavy atom. The number of hydrogen-bond donors (Lipinski definition) is 2. The number of carbonyl (C=O) groups is 2. The van der Waals surface area contributed by atoms with E-state index in [0.717, 1.165) is 5.56 Å². The van der Waals surface area contributed by atoms with Crippen LogP contribution in [0.1, 0.15) is 29.9 Å². The lowest BCUT2D eigenvalue weighted by molar-refractivity contribution is -0.140. The van der Waals surface area contributed by atoms with E-state index >= 15 is 0 Å². The van der Waals surface area contributed by atoms with Crippen molar-refractivity contribution in [2.45, 2.75) is 25.7 Å². The van der Waals surface area contributed by atoms with Crippen LogP contribution in [-0.4, -0.2) is 22.2 Å². The van der Waals surface area contributed by atoms with Gasteiger partial charge in [-0.2, -0.15) is 0 Å². The SMILES string of the molecule is Cc1ccc(C(CCC(=O)O)C(=O)O)cc1. The van der Waals surface area contributed by atoms with Crippen molar-refractivity contribution in [2.75, 3.05) is 0 Å². The minimum absolute atomic E-state index is 0.119. The lowest BCUT2D eigenvalue weighted by atomic mass is 9.94. The summed E-state index contributed by atoms with van der Waals surface area (Å²) in [4.78, 5) is 21.4. The molecule has 0 radical (unpaired) electrons. The summed E-state index contributed by atoms with van der Waals surface area (Å²) in [6.45, 7) is 1.91. The van der Waals surface area contributed by atoms with Crippen molar-refractivity contribution in [1.82, 2.24) is 0 Å². The van der Waals surface area contributed by atoms with Gasteiger partial charge in [-0.3, -0.25) is 9.59 Å². The van der Waals surface area contributed by atoms with Gasteiger partial charge in [0, 0.05) is 6.42 Å². The maximum absolute atomic E-state index is 11.0. The molecular formula is C12H14O4. The fourth-order valence-electron chi connectivity index (χ4n) is 1.50. The van der Waals surface area contributed by atoms with Gasteiger partial charge in [-0.05, 0) is 18.9 Å². The summed E-state index contributed by atoms with van der Waals surface area (Å²) < 4.78 is 0. The van der Waals surface area contributed by atoms with Gasteiger partial charge in [0.1, 0.15) is 0 Å². The van der Waals surface area contributed by atoms with Crippen LogP contribution in [-0.2, 0) is 9.59 Å². The van der Waals surface area contributed by atoms with Crippen molar-refractivity contribution in [3.05, 3.63) is 35.4 Å². The number of hydrogen-bond acceptors (Lipinski definition) is 2. The summed E-state index contributed by atoms with van der Waals surface area (Å²) >= 11 is 0. The standard InChI is InChI=1S/C12H14O4/c1-8-2-4-9(5-3-8)10(12(15)16)6-7-11(13)14/h2-5,10H,6-7H2,1H3,(H,13,14)(H,15,16). The van der Waals surface area contributed by atoms with Crippen LogP contribution >= 0.6 is 0 Å². The highest BCUT2D eigenvalue weighted by atomic mass is 16.4. The monoisotopic (exact) mass is 222 g/mol. The zero-order valence-corrected chi connectivity index (χ0v) is 9.01. The van der Waals surface area contributed by atoms with Gasteiger partial charge in [0.15, 0.2) is 0 Å². The highest BCUT2D eigenvalue weighted by Gasteiger charge is 2.20. The van der Waals surface area contributed by atoms with Crippen LogP contribution in [0.3, 0.4) is 0 Å². The number of benzene rings is 1. The Balaban J connectivity index is 2.81. The molecule has 0 aliphatic carbocycles. The molecule has 0 aromatic heterocycles. The first kappa shape index (κ1) is 12.2. The fourth-order valence-corrected chi connectivity index (χ4v) is 1.50. The molecule has 0 bridgehead atoms. The molecule has 0 aliphatic rings. The second-order valence-electron chi connectivity index (χ2n) is 3.73. The van der Waals surface area contributed by atoms with Crippen LogP contribution < -0.4 is 0 Å². The van der Waals surface area contributed by atoms with Crippen LogP contribution in [0.2, 0.25) is 0 Å². The Kier molecular flexibility index (Phi) is 4.05. The number of aryl methyl sites for hydroxylation is 1. The molecule has 0 amide bonds. The summed E-state index contributed by atoms with van der Waals surface area (Å²) in [5.74, 6) is -2.69. The van der Waals surface area contributed by atoms with Gasteiger partial charge in [-0.25, -0.2) is 0 Å². The molecule has 0 saturated heterocycles. The van der Waals surface area contributed by atoms with E-state index in [9.17, 15) is 9.59 Å². The van der Waals surface area contributed by atoms with E-state index in [0.29, 0.717) is 5.56 Å². The van der Waals surface area contributed by atoms with Crippen molar-refractivity contribution in [2.24, 2.45) is 0 Å². The summed E-state index contributed by atoms with van der Waals surface area (Å²) in [5.41, 5.74) is 1.70. The second-order valence-corrected chi connectivity index (χ2v) is 3.73. The lowest BCUT2D eigenvalue weighted by Crippen LogP contribution is -2.13. The molecule has 1 rings (SSSR count). The van der Waals surface area contributed by atoms with Crippen molar-refractivity contribution >= 4 is 11.9 Å². The van der Waals surface area contributed by atoms with Crippen molar-refractivity contribution in [3.63, 3.8) is 0 Å². The fraction of sp³-hybridized carbons (Fsp3) is 0.333. The molecule has 0 fully saturated rings. The van der Waals surface area contributed by atoms with Gasteiger partial charge in [0.25, 0.3) is 0 Å². The average molecular weight is 222 g/mol. The van der Waals surface area contributed by atoms with Gasteiger partial charge >= 0.3 is 11.9 Å². The molecule has 0 aliphatic heterocycles. The molecule has 0 heterocycles. The molecule has 16 heavy (non-hydrogen) atoms. The highest BCUT2D eigenvalue weighted by Crippen LogP contribution is 2.22. The van der Waals surface area contributed by atoms with E-state index in [1.54, 1.807) is 12.1 Å². The van der Waals surface area contributed by atoms with Crippen molar-refractivity contribution in [3.8, 4) is 0 Å². The van der Waals surface area contributed by atoms with Crippen LogP contribution in [0.15, 0.2) is 24.3 Å². The highest BCUT2D eigenvalue weighted by molar-refractivity contribution is 5.77. The molecule has 1 aromatic rings. The van der Waals surface area contributed by atoms with E-state index < -0.39 is 17.9 Å². The second kappa shape index (κ2) is 5.30. The summed E-state index contributed by atoms with van der Waals surface area (Å²) in [6, 6.07) is 7.12. The lowest BCUT2D eigenvalue weighted by Gasteiger charge is -2.11. The first-order valence-electron chi connectivity index (χ1n) is 5.02. The van der Waals surface area contributed by atoms with Crippen LogP contribution in [0, 0.1) is 6.92 Å².